The Morgan fingerprint density at radius 2 is 1.89 bits per heavy atom. The summed E-state index contributed by atoms with van der Waals surface area (Å²) in [6, 6.07) is 7.92. The molecular weight excluding hydrogens is 346 g/mol. The summed E-state index contributed by atoms with van der Waals surface area (Å²) in [5, 5.41) is 13.4. The van der Waals surface area contributed by atoms with Crippen molar-refractivity contribution < 1.29 is 19.4 Å². The number of aryl methyl sites for hydroxylation is 1. The van der Waals surface area contributed by atoms with Gasteiger partial charge in [-0.05, 0) is 43.9 Å². The van der Waals surface area contributed by atoms with Crippen molar-refractivity contribution in [2.75, 3.05) is 20.2 Å². The molecule has 0 unspecified atom stereocenters. The monoisotopic (exact) mass is 371 g/mol. The number of methoxy groups -OCH3 is 1. The van der Waals surface area contributed by atoms with E-state index in [1.807, 2.05) is 29.2 Å². The third-order valence-corrected chi connectivity index (χ3v) is 5.22. The summed E-state index contributed by atoms with van der Waals surface area (Å²) < 4.78 is 6.94. The molecule has 3 rings (SSSR count). The van der Waals surface area contributed by atoms with E-state index in [0.29, 0.717) is 31.6 Å². The molecule has 0 spiro atoms. The number of nitrogens with zero attached hydrogens (tertiary/aromatic N) is 3. The molecule has 7 nitrogen and oxygen atoms in total. The van der Waals surface area contributed by atoms with Crippen LogP contribution in [-0.2, 0) is 11.2 Å². The van der Waals surface area contributed by atoms with Crippen LogP contribution in [-0.4, -0.2) is 51.9 Å². The van der Waals surface area contributed by atoms with Gasteiger partial charge in [0.2, 0.25) is 5.91 Å². The first kappa shape index (κ1) is 18.9. The average molecular weight is 371 g/mol. The van der Waals surface area contributed by atoms with E-state index in [9.17, 15) is 9.59 Å². The third kappa shape index (κ3) is 4.30. The highest BCUT2D eigenvalue weighted by Crippen LogP contribution is 2.25. The molecule has 0 radical (unpaired) electrons. The minimum Gasteiger partial charge on any atom is -0.497 e. The second-order valence-corrected chi connectivity index (χ2v) is 6.85. The molecule has 1 fully saturated rings. The van der Waals surface area contributed by atoms with Gasteiger partial charge in [0, 0.05) is 19.5 Å². The lowest BCUT2D eigenvalue weighted by Gasteiger charge is -2.32. The van der Waals surface area contributed by atoms with E-state index >= 15 is 0 Å². The number of benzene rings is 1. The topological polar surface area (TPSA) is 84.7 Å². The lowest BCUT2D eigenvalue weighted by molar-refractivity contribution is -0.132. The van der Waals surface area contributed by atoms with Gasteiger partial charge in [0.05, 0.1) is 25.0 Å². The zero-order chi connectivity index (χ0) is 19.4. The quantitative estimate of drug-likeness (QED) is 0.844. The Balaban J connectivity index is 1.51. The van der Waals surface area contributed by atoms with E-state index in [-0.39, 0.29) is 17.5 Å². The first-order chi connectivity index (χ1) is 13.0. The van der Waals surface area contributed by atoms with Crippen LogP contribution in [0, 0.1) is 6.92 Å². The maximum absolute atomic E-state index is 12.5. The molecule has 1 aliphatic rings. The van der Waals surface area contributed by atoms with E-state index in [4.69, 9.17) is 9.84 Å². The molecule has 0 atom stereocenters. The number of amides is 1. The highest BCUT2D eigenvalue weighted by molar-refractivity contribution is 5.88. The van der Waals surface area contributed by atoms with Crippen LogP contribution in [0.1, 0.15) is 46.9 Å². The highest BCUT2D eigenvalue weighted by Gasteiger charge is 2.26. The molecule has 1 aromatic carbocycles. The summed E-state index contributed by atoms with van der Waals surface area (Å²) in [5.41, 5.74) is 2.03. The normalized spacial score (nSPS) is 15.0. The first-order valence-corrected chi connectivity index (χ1v) is 9.17. The second kappa shape index (κ2) is 8.24. The molecule has 0 saturated carbocycles. The Labute approximate surface area is 158 Å². The third-order valence-electron chi connectivity index (χ3n) is 5.22. The number of hydrogen-bond acceptors (Lipinski definition) is 4. The van der Waals surface area contributed by atoms with Crippen LogP contribution < -0.4 is 4.74 Å². The van der Waals surface area contributed by atoms with Crippen LogP contribution in [0.25, 0.3) is 0 Å². The van der Waals surface area contributed by atoms with Gasteiger partial charge in [-0.1, -0.05) is 12.1 Å². The van der Waals surface area contributed by atoms with Gasteiger partial charge in [0.25, 0.3) is 0 Å². The number of ether oxygens (including phenoxy) is 1. The molecule has 1 N–H and O–H groups in total. The molecule has 144 valence electrons. The predicted molar refractivity (Wildman–Crippen MR) is 100 cm³/mol. The minimum atomic E-state index is -0.954. The lowest BCUT2D eigenvalue weighted by atomic mass is 10.0. The first-order valence-electron chi connectivity index (χ1n) is 9.17. The largest absolute Gasteiger partial charge is 0.497 e. The molecule has 2 aromatic rings. The minimum absolute atomic E-state index is 0.142. The van der Waals surface area contributed by atoms with Gasteiger partial charge in [0.15, 0.2) is 0 Å². The Hall–Kier alpha value is -2.83. The molecule has 2 heterocycles. The number of carboxylic acid groups (broad SMARTS) is 1. The van der Waals surface area contributed by atoms with Gasteiger partial charge in [-0.3, -0.25) is 9.48 Å². The molecule has 27 heavy (non-hydrogen) atoms. The van der Waals surface area contributed by atoms with E-state index in [0.717, 1.165) is 24.2 Å². The number of aromatic nitrogens is 2. The van der Waals surface area contributed by atoms with Gasteiger partial charge < -0.3 is 14.7 Å². The molecule has 1 amide bonds. The number of carboxylic acids is 1. The van der Waals surface area contributed by atoms with Crippen molar-refractivity contribution in [1.29, 1.82) is 0 Å². The van der Waals surface area contributed by atoms with Crippen LogP contribution in [0.15, 0.2) is 30.5 Å². The highest BCUT2D eigenvalue weighted by atomic mass is 16.5. The van der Waals surface area contributed by atoms with Gasteiger partial charge in [-0.15, -0.1) is 0 Å². The fourth-order valence-electron chi connectivity index (χ4n) is 3.56. The lowest BCUT2D eigenvalue weighted by Crippen LogP contribution is -2.39. The van der Waals surface area contributed by atoms with Crippen molar-refractivity contribution in [2.24, 2.45) is 0 Å². The summed E-state index contributed by atoms with van der Waals surface area (Å²) in [5.74, 6) is 0.0182. The number of carbonyl (C=O) groups excluding carboxylic acids is 1. The molecule has 0 bridgehead atoms. The number of aromatic carboxylic acids is 1. The van der Waals surface area contributed by atoms with Gasteiger partial charge in [-0.2, -0.15) is 5.10 Å². The zero-order valence-electron chi connectivity index (χ0n) is 15.7. The Morgan fingerprint density at radius 3 is 2.44 bits per heavy atom. The molecular formula is C20H25N3O4. The van der Waals surface area contributed by atoms with E-state index in [1.54, 1.807) is 18.7 Å². The molecule has 0 aliphatic carbocycles. The standard InChI is InChI=1S/C20H25N3O4/c1-14-18(20(25)26)13-21-23(14)16-9-11-22(12-10-16)19(24)8-5-15-3-6-17(27-2)7-4-15/h3-4,6-7,13,16H,5,8-12H2,1-2H3,(H,25,26). The Kier molecular flexibility index (Phi) is 5.78. The molecule has 7 heteroatoms. The van der Waals surface area contributed by atoms with Crippen molar-refractivity contribution in [3.63, 3.8) is 0 Å². The fourth-order valence-corrected chi connectivity index (χ4v) is 3.56. The SMILES string of the molecule is COc1ccc(CCC(=O)N2CCC(n3ncc(C(=O)O)c3C)CC2)cc1. The number of likely N-dealkylation sites (tertiary alicyclic amines) is 1. The van der Waals surface area contributed by atoms with Crippen LogP contribution in [0.3, 0.4) is 0 Å². The summed E-state index contributed by atoms with van der Waals surface area (Å²) in [7, 11) is 1.63. The zero-order valence-corrected chi connectivity index (χ0v) is 15.7. The molecule has 1 aliphatic heterocycles. The van der Waals surface area contributed by atoms with E-state index in [1.165, 1.54) is 6.20 Å². The number of rotatable bonds is 6. The van der Waals surface area contributed by atoms with Crippen LogP contribution in [0.4, 0.5) is 0 Å². The van der Waals surface area contributed by atoms with Crippen molar-refractivity contribution in [3.05, 3.63) is 47.3 Å². The second-order valence-electron chi connectivity index (χ2n) is 6.85. The van der Waals surface area contributed by atoms with Crippen molar-refractivity contribution >= 4 is 11.9 Å². The van der Waals surface area contributed by atoms with E-state index in [2.05, 4.69) is 5.10 Å². The van der Waals surface area contributed by atoms with Gasteiger partial charge in [0.1, 0.15) is 11.3 Å². The maximum atomic E-state index is 12.5. The Morgan fingerprint density at radius 1 is 1.22 bits per heavy atom. The van der Waals surface area contributed by atoms with Crippen molar-refractivity contribution in [2.45, 2.75) is 38.6 Å². The molecule has 1 aromatic heterocycles. The Bertz CT molecular complexity index is 805. The van der Waals surface area contributed by atoms with Gasteiger partial charge >= 0.3 is 5.97 Å². The van der Waals surface area contributed by atoms with Crippen LogP contribution in [0.5, 0.6) is 5.75 Å². The summed E-state index contributed by atoms with van der Waals surface area (Å²) >= 11 is 0. The van der Waals surface area contributed by atoms with E-state index < -0.39 is 5.97 Å². The van der Waals surface area contributed by atoms with Crippen molar-refractivity contribution in [3.8, 4) is 5.75 Å². The average Bonchev–Trinajstić information content (AvgIpc) is 3.08. The van der Waals surface area contributed by atoms with Gasteiger partial charge in [-0.25, -0.2) is 4.79 Å². The van der Waals surface area contributed by atoms with Crippen LogP contribution >= 0.6 is 0 Å². The van der Waals surface area contributed by atoms with Crippen molar-refractivity contribution in [1.82, 2.24) is 14.7 Å². The summed E-state index contributed by atoms with van der Waals surface area (Å²) in [4.78, 5) is 25.6. The number of piperidine rings is 1. The summed E-state index contributed by atoms with van der Waals surface area (Å²) in [6.45, 7) is 3.13. The number of hydrogen-bond donors (Lipinski definition) is 1. The molecule has 1 saturated heterocycles. The number of carbonyl (C=O) groups is 2. The maximum Gasteiger partial charge on any atom is 0.339 e. The summed E-state index contributed by atoms with van der Waals surface area (Å²) in [6.07, 6.45) is 4.18. The predicted octanol–water partition coefficient (Wildman–Crippen LogP) is 2.69. The fraction of sp³-hybridized carbons (Fsp3) is 0.450. The van der Waals surface area contributed by atoms with Crippen LogP contribution in [0.2, 0.25) is 0 Å². The smallest absolute Gasteiger partial charge is 0.339 e.